The first kappa shape index (κ1) is 18.6. The van der Waals surface area contributed by atoms with Crippen molar-refractivity contribution in [1.82, 2.24) is 15.2 Å². The summed E-state index contributed by atoms with van der Waals surface area (Å²) in [6, 6.07) is 16.6. The van der Waals surface area contributed by atoms with E-state index in [-0.39, 0.29) is 11.9 Å². The predicted molar refractivity (Wildman–Crippen MR) is 108 cm³/mol. The van der Waals surface area contributed by atoms with Crippen molar-refractivity contribution in [2.75, 3.05) is 0 Å². The van der Waals surface area contributed by atoms with E-state index in [0.29, 0.717) is 11.4 Å². The van der Waals surface area contributed by atoms with Crippen molar-refractivity contribution in [3.8, 4) is 11.4 Å². The fourth-order valence-electron chi connectivity index (χ4n) is 3.41. The van der Waals surface area contributed by atoms with E-state index in [1.54, 1.807) is 24.3 Å². The van der Waals surface area contributed by atoms with E-state index in [1.807, 2.05) is 35.0 Å². The SMILES string of the molecule is CC(=O)Oc1ccc(/C=N/NC(=O)c2nn(-c3ccccc3)c3c2CCC3)cc1. The van der Waals surface area contributed by atoms with E-state index in [4.69, 9.17) is 4.74 Å². The Morgan fingerprint density at radius 2 is 1.86 bits per heavy atom. The molecule has 1 heterocycles. The lowest BCUT2D eigenvalue weighted by atomic mass is 10.2. The highest BCUT2D eigenvalue weighted by Gasteiger charge is 2.26. The molecule has 1 N–H and O–H groups in total. The van der Waals surface area contributed by atoms with Crippen LogP contribution in [0.5, 0.6) is 5.75 Å². The van der Waals surface area contributed by atoms with Gasteiger partial charge in [0.05, 0.1) is 11.9 Å². The standard InChI is InChI=1S/C22H20N4O3/c1-15(27)29-18-12-10-16(11-13-18)14-23-24-22(28)21-19-8-5-9-20(19)26(25-21)17-6-3-2-4-7-17/h2-4,6-7,10-14H,5,8-9H2,1H3,(H,24,28)/b23-14+. The topological polar surface area (TPSA) is 85.6 Å². The number of esters is 1. The summed E-state index contributed by atoms with van der Waals surface area (Å²) >= 11 is 0. The van der Waals surface area contributed by atoms with Crippen LogP contribution in [-0.2, 0) is 17.6 Å². The van der Waals surface area contributed by atoms with E-state index in [1.165, 1.54) is 13.1 Å². The summed E-state index contributed by atoms with van der Waals surface area (Å²) in [4.78, 5) is 23.6. The maximum absolute atomic E-state index is 12.7. The third-order valence-corrected chi connectivity index (χ3v) is 4.67. The Kier molecular flexibility index (Phi) is 5.20. The second kappa shape index (κ2) is 8.10. The van der Waals surface area contributed by atoms with Gasteiger partial charge in [-0.2, -0.15) is 10.2 Å². The van der Waals surface area contributed by atoms with Crippen LogP contribution in [0.15, 0.2) is 59.7 Å². The third kappa shape index (κ3) is 4.08. The molecule has 0 atom stereocenters. The van der Waals surface area contributed by atoms with Crippen molar-refractivity contribution in [2.24, 2.45) is 5.10 Å². The molecule has 3 aromatic rings. The van der Waals surface area contributed by atoms with E-state index in [2.05, 4.69) is 15.6 Å². The maximum atomic E-state index is 12.7. The van der Waals surface area contributed by atoms with Gasteiger partial charge in [-0.15, -0.1) is 0 Å². The quantitative estimate of drug-likeness (QED) is 0.315. The van der Waals surface area contributed by atoms with Crippen molar-refractivity contribution in [2.45, 2.75) is 26.2 Å². The van der Waals surface area contributed by atoms with E-state index in [0.717, 1.165) is 41.8 Å². The Hall–Kier alpha value is -3.74. The van der Waals surface area contributed by atoms with Gasteiger partial charge in [0.2, 0.25) is 0 Å². The molecule has 29 heavy (non-hydrogen) atoms. The molecule has 0 fully saturated rings. The minimum absolute atomic E-state index is 0.328. The van der Waals surface area contributed by atoms with Crippen LogP contribution in [0.1, 0.15) is 40.7 Å². The van der Waals surface area contributed by atoms with E-state index in [9.17, 15) is 9.59 Å². The van der Waals surface area contributed by atoms with Gasteiger partial charge >= 0.3 is 5.97 Å². The predicted octanol–water partition coefficient (Wildman–Crippen LogP) is 3.05. The van der Waals surface area contributed by atoms with Crippen LogP contribution in [0.3, 0.4) is 0 Å². The van der Waals surface area contributed by atoms with Crippen molar-refractivity contribution in [1.29, 1.82) is 0 Å². The minimum atomic E-state index is -0.374. The molecular formula is C22H20N4O3. The Bertz CT molecular complexity index is 1070. The lowest BCUT2D eigenvalue weighted by Crippen LogP contribution is -2.20. The second-order valence-corrected chi connectivity index (χ2v) is 6.74. The van der Waals surface area contributed by atoms with Crippen molar-refractivity contribution < 1.29 is 14.3 Å². The number of fused-ring (bicyclic) bond motifs is 1. The van der Waals surface area contributed by atoms with Gasteiger partial charge in [0, 0.05) is 18.2 Å². The first-order chi connectivity index (χ1) is 14.1. The van der Waals surface area contributed by atoms with Crippen LogP contribution in [0.25, 0.3) is 5.69 Å². The number of rotatable bonds is 5. The largest absolute Gasteiger partial charge is 0.427 e. The van der Waals surface area contributed by atoms with Crippen molar-refractivity contribution in [3.63, 3.8) is 0 Å². The van der Waals surface area contributed by atoms with Crippen LogP contribution < -0.4 is 10.2 Å². The number of hydrazone groups is 1. The fourth-order valence-corrected chi connectivity index (χ4v) is 3.41. The molecule has 4 rings (SSSR count). The summed E-state index contributed by atoms with van der Waals surface area (Å²) in [7, 11) is 0. The molecule has 1 aromatic heterocycles. The summed E-state index contributed by atoms with van der Waals surface area (Å²) in [5, 5.41) is 8.58. The number of para-hydroxylation sites is 1. The van der Waals surface area contributed by atoms with Crippen LogP contribution in [-0.4, -0.2) is 27.9 Å². The molecule has 0 aliphatic heterocycles. The number of hydrogen-bond acceptors (Lipinski definition) is 5. The molecule has 0 unspecified atom stereocenters. The normalized spacial score (nSPS) is 12.7. The van der Waals surface area contributed by atoms with Crippen molar-refractivity contribution >= 4 is 18.1 Å². The highest BCUT2D eigenvalue weighted by molar-refractivity contribution is 5.95. The molecule has 7 heteroatoms. The summed E-state index contributed by atoms with van der Waals surface area (Å²) < 4.78 is 6.84. The average Bonchev–Trinajstić information content (AvgIpc) is 3.32. The number of nitrogens with one attached hydrogen (secondary N) is 1. The summed E-state index contributed by atoms with van der Waals surface area (Å²) in [6.07, 6.45) is 4.29. The molecule has 146 valence electrons. The molecule has 1 aliphatic carbocycles. The Balaban J connectivity index is 1.48. The number of ether oxygens (including phenoxy) is 1. The van der Waals surface area contributed by atoms with Gasteiger partial charge in [-0.1, -0.05) is 18.2 Å². The fraction of sp³-hybridized carbons (Fsp3) is 0.182. The first-order valence-corrected chi connectivity index (χ1v) is 9.40. The monoisotopic (exact) mass is 388 g/mol. The highest BCUT2D eigenvalue weighted by atomic mass is 16.5. The first-order valence-electron chi connectivity index (χ1n) is 9.40. The molecular weight excluding hydrogens is 368 g/mol. The number of nitrogens with zero attached hydrogens (tertiary/aromatic N) is 3. The van der Waals surface area contributed by atoms with Gasteiger partial charge in [0.25, 0.3) is 5.91 Å². The molecule has 1 aliphatic rings. The summed E-state index contributed by atoms with van der Waals surface area (Å²) in [5.41, 5.74) is 6.77. The average molecular weight is 388 g/mol. The second-order valence-electron chi connectivity index (χ2n) is 6.74. The Labute approximate surface area is 168 Å². The Morgan fingerprint density at radius 3 is 2.59 bits per heavy atom. The van der Waals surface area contributed by atoms with Crippen molar-refractivity contribution in [3.05, 3.63) is 77.1 Å². The number of carbonyl (C=O) groups is 2. The number of benzene rings is 2. The van der Waals surface area contributed by atoms with E-state index < -0.39 is 0 Å². The third-order valence-electron chi connectivity index (χ3n) is 4.67. The molecule has 7 nitrogen and oxygen atoms in total. The smallest absolute Gasteiger partial charge is 0.308 e. The van der Waals surface area contributed by atoms with Gasteiger partial charge in [-0.25, -0.2) is 10.1 Å². The molecule has 2 aromatic carbocycles. The summed E-state index contributed by atoms with van der Waals surface area (Å²) in [5.74, 6) is -0.243. The van der Waals surface area contributed by atoms with Gasteiger partial charge in [-0.3, -0.25) is 9.59 Å². The zero-order valence-corrected chi connectivity index (χ0v) is 16.0. The van der Waals surface area contributed by atoms with Gasteiger partial charge < -0.3 is 4.74 Å². The molecule has 0 saturated heterocycles. The molecule has 0 spiro atoms. The molecule has 1 amide bonds. The Morgan fingerprint density at radius 1 is 1.10 bits per heavy atom. The van der Waals surface area contributed by atoms with E-state index >= 15 is 0 Å². The number of hydrogen-bond donors (Lipinski definition) is 1. The van der Waals surface area contributed by atoms with Crippen LogP contribution in [0.2, 0.25) is 0 Å². The number of amides is 1. The lowest BCUT2D eigenvalue weighted by Gasteiger charge is -2.04. The minimum Gasteiger partial charge on any atom is -0.427 e. The van der Waals surface area contributed by atoms with Crippen LogP contribution >= 0.6 is 0 Å². The van der Waals surface area contributed by atoms with Crippen LogP contribution in [0.4, 0.5) is 0 Å². The maximum Gasteiger partial charge on any atom is 0.308 e. The number of aromatic nitrogens is 2. The summed E-state index contributed by atoms with van der Waals surface area (Å²) in [6.45, 7) is 1.35. The van der Waals surface area contributed by atoms with Gasteiger partial charge in [-0.05, 0) is 61.2 Å². The number of carbonyl (C=O) groups excluding carboxylic acids is 2. The molecule has 0 bridgehead atoms. The highest BCUT2D eigenvalue weighted by Crippen LogP contribution is 2.27. The van der Waals surface area contributed by atoms with Gasteiger partial charge in [0.15, 0.2) is 5.69 Å². The molecule has 0 radical (unpaired) electrons. The van der Waals surface area contributed by atoms with Gasteiger partial charge in [0.1, 0.15) is 5.75 Å². The lowest BCUT2D eigenvalue weighted by molar-refractivity contribution is -0.131. The molecule has 0 saturated carbocycles. The zero-order chi connectivity index (χ0) is 20.2. The van der Waals surface area contributed by atoms with Crippen LogP contribution in [0, 0.1) is 0 Å². The zero-order valence-electron chi connectivity index (χ0n) is 16.0.